The van der Waals surface area contributed by atoms with Crippen LogP contribution in [0.3, 0.4) is 0 Å². The van der Waals surface area contributed by atoms with Crippen molar-refractivity contribution in [1.29, 1.82) is 0 Å². The molecule has 3 saturated carbocycles. The number of aryl methyl sites for hydroxylation is 1. The zero-order valence-electron chi connectivity index (χ0n) is 20.4. The number of aromatic hydroxyl groups is 1. The SMILES string of the molecule is CN1C2CCC[C@H]3CCC231.O=c1c2sc(CCC3(O)CCCC3)cc2ncn1-c1ccc(O)cc1.[HH]. The first-order valence-corrected chi connectivity index (χ1v) is 14.0. The Morgan fingerprint density at radius 1 is 1.11 bits per heavy atom. The van der Waals surface area contributed by atoms with Gasteiger partial charge in [0.2, 0.25) is 0 Å². The molecule has 7 rings (SSSR count). The van der Waals surface area contributed by atoms with Gasteiger partial charge < -0.3 is 10.2 Å². The van der Waals surface area contributed by atoms with Gasteiger partial charge in [0.25, 0.3) is 5.56 Å². The van der Waals surface area contributed by atoms with Crippen LogP contribution >= 0.6 is 11.3 Å². The third-order valence-electron chi connectivity index (χ3n) is 9.25. The third-order valence-corrected chi connectivity index (χ3v) is 10.4. The molecule has 0 amide bonds. The third kappa shape index (κ3) is 4.02. The number of nitrogens with zero attached hydrogens (tertiary/aromatic N) is 3. The molecular formula is C28H37N3O3S. The average Bonchev–Trinajstić information content (AvgIpc) is 3.15. The fourth-order valence-electron chi connectivity index (χ4n) is 7.03. The van der Waals surface area contributed by atoms with E-state index in [1.54, 1.807) is 24.3 Å². The molecule has 2 N–H and O–H groups in total. The summed E-state index contributed by atoms with van der Waals surface area (Å²) in [7, 11) is 2.32. The fraction of sp³-hybridized carbons (Fsp3) is 0.571. The summed E-state index contributed by atoms with van der Waals surface area (Å²) >= 11 is 1.46. The Balaban J connectivity index is 0.000000200. The van der Waals surface area contributed by atoms with Crippen molar-refractivity contribution in [2.75, 3.05) is 7.05 Å². The van der Waals surface area contributed by atoms with Gasteiger partial charge in [0.05, 0.1) is 16.8 Å². The van der Waals surface area contributed by atoms with E-state index in [0.29, 0.717) is 15.9 Å². The molecule has 7 heteroatoms. The molecule has 2 aromatic heterocycles. The number of benzene rings is 1. The molecule has 6 nitrogen and oxygen atoms in total. The Kier molecular flexibility index (Phi) is 5.78. The molecule has 188 valence electrons. The molecule has 3 aromatic rings. The monoisotopic (exact) mass is 495 g/mol. The molecule has 1 spiro atoms. The van der Waals surface area contributed by atoms with Crippen LogP contribution in [0.25, 0.3) is 15.9 Å². The number of rotatable bonds is 4. The zero-order chi connectivity index (χ0) is 24.2. The minimum absolute atomic E-state index is 0. The van der Waals surface area contributed by atoms with E-state index in [0.717, 1.165) is 60.9 Å². The molecule has 4 atom stereocenters. The number of aromatic nitrogens is 2. The Morgan fingerprint density at radius 2 is 1.89 bits per heavy atom. The molecule has 0 radical (unpaired) electrons. The Labute approximate surface area is 211 Å². The number of thiophene rings is 1. The second-order valence-corrected chi connectivity index (χ2v) is 12.2. The van der Waals surface area contributed by atoms with Crippen LogP contribution in [0, 0.1) is 5.92 Å². The lowest BCUT2D eigenvalue weighted by molar-refractivity contribution is 0.0393. The first-order chi connectivity index (χ1) is 16.9. The summed E-state index contributed by atoms with van der Waals surface area (Å²) in [5.74, 6) is 1.27. The second kappa shape index (κ2) is 8.71. The van der Waals surface area contributed by atoms with Gasteiger partial charge in [-0.1, -0.05) is 19.3 Å². The maximum Gasteiger partial charge on any atom is 0.275 e. The van der Waals surface area contributed by atoms with Crippen LogP contribution in [-0.2, 0) is 6.42 Å². The van der Waals surface area contributed by atoms with Crippen molar-refractivity contribution in [3.8, 4) is 11.4 Å². The maximum absolute atomic E-state index is 12.8. The molecule has 3 unspecified atom stereocenters. The molecule has 0 bridgehead atoms. The van der Waals surface area contributed by atoms with Crippen LogP contribution in [0.5, 0.6) is 5.75 Å². The van der Waals surface area contributed by atoms with Crippen LogP contribution in [0.2, 0.25) is 0 Å². The highest BCUT2D eigenvalue weighted by molar-refractivity contribution is 7.18. The lowest BCUT2D eigenvalue weighted by Crippen LogP contribution is -2.41. The quantitative estimate of drug-likeness (QED) is 0.482. The summed E-state index contributed by atoms with van der Waals surface area (Å²) in [4.78, 5) is 20.9. The van der Waals surface area contributed by atoms with Crippen molar-refractivity contribution in [1.82, 2.24) is 14.5 Å². The summed E-state index contributed by atoms with van der Waals surface area (Å²) in [5.41, 5.74) is 1.52. The van der Waals surface area contributed by atoms with Crippen molar-refractivity contribution in [2.45, 2.75) is 87.8 Å². The van der Waals surface area contributed by atoms with Crippen LogP contribution in [0.15, 0.2) is 41.5 Å². The van der Waals surface area contributed by atoms with Crippen molar-refractivity contribution < 1.29 is 11.6 Å². The highest BCUT2D eigenvalue weighted by Gasteiger charge is 2.69. The summed E-state index contributed by atoms with van der Waals surface area (Å²) in [5, 5.41) is 19.9. The zero-order valence-corrected chi connectivity index (χ0v) is 21.3. The molecule has 1 aliphatic heterocycles. The first-order valence-electron chi connectivity index (χ1n) is 13.1. The van der Waals surface area contributed by atoms with Crippen LogP contribution in [0.4, 0.5) is 0 Å². The lowest BCUT2D eigenvalue weighted by Gasteiger charge is -2.40. The van der Waals surface area contributed by atoms with Gasteiger partial charge >= 0.3 is 0 Å². The minimum atomic E-state index is -0.532. The first kappa shape index (κ1) is 23.2. The smallest absolute Gasteiger partial charge is 0.275 e. The highest BCUT2D eigenvalue weighted by Crippen LogP contribution is 2.63. The molecular weight excluding hydrogens is 458 g/mol. The van der Waals surface area contributed by atoms with E-state index in [-0.39, 0.29) is 12.7 Å². The van der Waals surface area contributed by atoms with Crippen LogP contribution in [-0.4, -0.2) is 48.9 Å². The van der Waals surface area contributed by atoms with Crippen LogP contribution < -0.4 is 5.56 Å². The van der Waals surface area contributed by atoms with Gasteiger partial charge in [-0.05, 0) is 94.7 Å². The number of hydrogen-bond acceptors (Lipinski definition) is 6. The number of hydrogen-bond donors (Lipinski definition) is 2. The molecule has 4 fully saturated rings. The molecule has 3 aliphatic carbocycles. The van der Waals surface area contributed by atoms with E-state index in [2.05, 4.69) is 16.9 Å². The summed E-state index contributed by atoms with van der Waals surface area (Å²) in [6.07, 6.45) is 14.6. The van der Waals surface area contributed by atoms with Crippen LogP contribution in [0.1, 0.15) is 70.5 Å². The summed E-state index contributed by atoms with van der Waals surface area (Å²) in [6.45, 7) is 0. The van der Waals surface area contributed by atoms with Gasteiger partial charge in [0.15, 0.2) is 0 Å². The predicted molar refractivity (Wildman–Crippen MR) is 142 cm³/mol. The molecule has 35 heavy (non-hydrogen) atoms. The highest BCUT2D eigenvalue weighted by atomic mass is 32.1. The summed E-state index contributed by atoms with van der Waals surface area (Å²) in [6, 6.07) is 9.45. The number of phenolic OH excluding ortho intramolecular Hbond substituents is 1. The number of fused-ring (bicyclic) bond motifs is 1. The predicted octanol–water partition coefficient (Wildman–Crippen LogP) is 5.27. The normalized spacial score (nSPS) is 30.1. The van der Waals surface area contributed by atoms with Crippen molar-refractivity contribution >= 4 is 21.6 Å². The average molecular weight is 496 g/mol. The minimum Gasteiger partial charge on any atom is -0.508 e. The van der Waals surface area contributed by atoms with Gasteiger partial charge in [-0.15, -0.1) is 11.3 Å². The molecule has 1 saturated heterocycles. The fourth-order valence-corrected chi connectivity index (χ4v) is 8.07. The number of phenols is 1. The van der Waals surface area contributed by atoms with E-state index in [1.807, 2.05) is 6.07 Å². The number of likely N-dealkylation sites (N-methyl/N-ethyl adjacent to an activating group) is 1. The van der Waals surface area contributed by atoms with Gasteiger partial charge in [-0.25, -0.2) is 4.98 Å². The standard InChI is InChI=1S/C19H20N2O3S.C9H15N.H2/c22-14-5-3-13(4-6-14)21-12-20-16-11-15(25-17(16)18(21)23)7-10-19(24)8-1-2-9-19;1-10-8-4-2-3-7-5-6-9(7,8)10;/h3-6,11-12,22,24H,1-2,7-10H2;7-8H,2-6H2,1H3;1H/t;7-,8?,9?,10?;/m.0./s1. The van der Waals surface area contributed by atoms with Crippen molar-refractivity contribution in [2.24, 2.45) is 5.92 Å². The van der Waals surface area contributed by atoms with E-state index < -0.39 is 5.60 Å². The Bertz CT molecular complexity index is 1280. The largest absolute Gasteiger partial charge is 0.508 e. The van der Waals surface area contributed by atoms with Gasteiger partial charge in [-0.2, -0.15) is 0 Å². The molecule has 4 aliphatic rings. The van der Waals surface area contributed by atoms with E-state index in [1.165, 1.54) is 54.3 Å². The van der Waals surface area contributed by atoms with E-state index >= 15 is 0 Å². The molecule has 1 aromatic carbocycles. The topological polar surface area (TPSA) is 78.4 Å². The van der Waals surface area contributed by atoms with Crippen molar-refractivity contribution in [3.05, 3.63) is 51.9 Å². The number of likely N-dealkylation sites (tertiary alicyclic amines) is 1. The maximum atomic E-state index is 12.8. The van der Waals surface area contributed by atoms with E-state index in [9.17, 15) is 15.0 Å². The second-order valence-electron chi connectivity index (χ2n) is 11.1. The van der Waals surface area contributed by atoms with Gasteiger partial charge in [-0.3, -0.25) is 14.3 Å². The van der Waals surface area contributed by atoms with Gasteiger partial charge in [0.1, 0.15) is 16.8 Å². The van der Waals surface area contributed by atoms with E-state index in [4.69, 9.17) is 0 Å². The Hall–Kier alpha value is -2.22. The Morgan fingerprint density at radius 3 is 2.54 bits per heavy atom. The number of aliphatic hydroxyl groups is 1. The lowest BCUT2D eigenvalue weighted by atomic mass is 9.65. The van der Waals surface area contributed by atoms with Crippen molar-refractivity contribution in [3.63, 3.8) is 0 Å². The van der Waals surface area contributed by atoms with Gasteiger partial charge in [0, 0.05) is 17.9 Å². The summed E-state index contributed by atoms with van der Waals surface area (Å²) < 4.78 is 2.12. The molecule has 3 heterocycles.